The van der Waals surface area contributed by atoms with Gasteiger partial charge in [-0.1, -0.05) is 0 Å². The van der Waals surface area contributed by atoms with Gasteiger partial charge in [-0.05, 0) is 89.5 Å². The van der Waals surface area contributed by atoms with E-state index < -0.39 is 34.8 Å². The number of aliphatic hydroxyl groups is 2. The molecule has 10 nitrogen and oxygen atoms in total. The van der Waals surface area contributed by atoms with Crippen molar-refractivity contribution in [2.24, 2.45) is 11.8 Å². The van der Waals surface area contributed by atoms with Crippen LogP contribution in [0.5, 0.6) is 0 Å². The summed E-state index contributed by atoms with van der Waals surface area (Å²) in [5.41, 5.74) is -0.502. The van der Waals surface area contributed by atoms with Gasteiger partial charge in [-0.2, -0.15) is 0 Å². The fourth-order valence-electron chi connectivity index (χ4n) is 6.91. The first-order chi connectivity index (χ1) is 18.8. The maximum absolute atomic E-state index is 13.7. The zero-order valence-corrected chi connectivity index (χ0v) is 23.4. The summed E-state index contributed by atoms with van der Waals surface area (Å²) in [6.07, 6.45) is 2.58. The first-order valence-corrected chi connectivity index (χ1v) is 14.1. The van der Waals surface area contributed by atoms with Crippen molar-refractivity contribution >= 4 is 34.4 Å². The predicted molar refractivity (Wildman–Crippen MR) is 146 cm³/mol. The molecule has 4 aliphatic heterocycles. The van der Waals surface area contributed by atoms with E-state index in [2.05, 4.69) is 0 Å². The van der Waals surface area contributed by atoms with Crippen molar-refractivity contribution < 1.29 is 29.4 Å². The molecule has 0 bridgehead atoms. The van der Waals surface area contributed by atoms with Crippen LogP contribution in [0.1, 0.15) is 94.8 Å². The van der Waals surface area contributed by atoms with Crippen molar-refractivity contribution in [3.63, 3.8) is 0 Å². The van der Waals surface area contributed by atoms with Crippen LogP contribution >= 0.6 is 0 Å². The summed E-state index contributed by atoms with van der Waals surface area (Å²) in [6, 6.07) is 6.34. The lowest BCUT2D eigenvalue weighted by Gasteiger charge is -2.44. The molecule has 2 N–H and O–H groups in total. The van der Waals surface area contributed by atoms with Crippen LogP contribution in [0.3, 0.4) is 0 Å². The molecule has 2 aromatic carbocycles. The molecule has 212 valence electrons. The van der Waals surface area contributed by atoms with Gasteiger partial charge in [0.2, 0.25) is 0 Å². The first kappa shape index (κ1) is 27.0. The molecule has 2 aromatic rings. The number of carbonyl (C=O) groups is 4. The molecular weight excluding hydrogens is 512 g/mol. The van der Waals surface area contributed by atoms with E-state index in [1.807, 2.05) is 0 Å². The Morgan fingerprint density at radius 1 is 0.550 bits per heavy atom. The Kier molecular flexibility index (Phi) is 6.19. The number of nitrogens with zero attached hydrogens (tertiary/aromatic N) is 4. The highest BCUT2D eigenvalue weighted by atomic mass is 16.3. The maximum Gasteiger partial charge on any atom is 0.276 e. The molecule has 4 amide bonds. The highest BCUT2D eigenvalue weighted by Crippen LogP contribution is 2.40. The molecule has 0 unspecified atom stereocenters. The number of rotatable bonds is 4. The Balaban J connectivity index is 1.32. The smallest absolute Gasteiger partial charge is 0.276 e. The van der Waals surface area contributed by atoms with Crippen LogP contribution in [0.2, 0.25) is 0 Å². The van der Waals surface area contributed by atoms with Crippen molar-refractivity contribution in [3.8, 4) is 0 Å². The minimum atomic E-state index is -0.834. The van der Waals surface area contributed by atoms with Gasteiger partial charge in [0, 0.05) is 37.0 Å². The van der Waals surface area contributed by atoms with Crippen LogP contribution in [0, 0.1) is 11.8 Å². The van der Waals surface area contributed by atoms with Crippen LogP contribution in [-0.4, -0.2) is 91.3 Å². The third-order valence-corrected chi connectivity index (χ3v) is 9.36. The first-order valence-electron chi connectivity index (χ1n) is 14.1. The second-order valence-electron chi connectivity index (χ2n) is 12.7. The van der Waals surface area contributed by atoms with E-state index in [4.69, 9.17) is 0 Å². The highest BCUT2D eigenvalue weighted by Gasteiger charge is 2.45. The summed E-state index contributed by atoms with van der Waals surface area (Å²) in [6.45, 7) is 8.94. The van der Waals surface area contributed by atoms with Crippen LogP contribution in [0.25, 0.3) is 10.8 Å². The number of piperidine rings is 2. The predicted octanol–water partition coefficient (Wildman–Crippen LogP) is 2.83. The molecule has 40 heavy (non-hydrogen) atoms. The molecule has 10 heteroatoms. The number of benzene rings is 2. The minimum absolute atomic E-state index is 0.0679. The Bertz CT molecular complexity index is 1260. The molecule has 4 heterocycles. The Labute approximate surface area is 233 Å². The van der Waals surface area contributed by atoms with Crippen LogP contribution in [-0.2, 0) is 0 Å². The average Bonchev–Trinajstić information content (AvgIpc) is 2.90. The second kappa shape index (κ2) is 9.17. The van der Waals surface area contributed by atoms with Crippen LogP contribution in [0.4, 0.5) is 0 Å². The van der Waals surface area contributed by atoms with E-state index in [1.165, 1.54) is 10.0 Å². The lowest BCUT2D eigenvalue weighted by atomic mass is 9.83. The third-order valence-electron chi connectivity index (χ3n) is 9.36. The van der Waals surface area contributed by atoms with Crippen molar-refractivity contribution in [3.05, 3.63) is 46.5 Å². The van der Waals surface area contributed by atoms with Gasteiger partial charge < -0.3 is 10.2 Å². The molecule has 0 aliphatic carbocycles. The van der Waals surface area contributed by atoms with Crippen molar-refractivity contribution in [2.75, 3.05) is 26.2 Å². The summed E-state index contributed by atoms with van der Waals surface area (Å²) in [7, 11) is 0. The largest absolute Gasteiger partial charge is 0.390 e. The quantitative estimate of drug-likeness (QED) is 0.560. The maximum atomic E-state index is 13.7. The van der Waals surface area contributed by atoms with Gasteiger partial charge in [0.25, 0.3) is 23.6 Å². The van der Waals surface area contributed by atoms with E-state index in [-0.39, 0.29) is 11.8 Å². The molecule has 0 saturated carbocycles. The van der Waals surface area contributed by atoms with E-state index in [1.54, 1.807) is 62.0 Å². The Morgan fingerprint density at radius 3 is 1.02 bits per heavy atom. The molecular formula is C30H36N4O6. The average molecular weight is 549 g/mol. The van der Waals surface area contributed by atoms with Crippen molar-refractivity contribution in [2.45, 2.75) is 64.6 Å². The molecule has 0 radical (unpaired) electrons. The molecule has 4 aliphatic rings. The molecule has 0 aromatic heterocycles. The van der Waals surface area contributed by atoms with E-state index in [9.17, 15) is 29.4 Å². The number of hydrazine groups is 2. The second-order valence-corrected chi connectivity index (χ2v) is 12.7. The Morgan fingerprint density at radius 2 is 0.800 bits per heavy atom. The van der Waals surface area contributed by atoms with Gasteiger partial charge in [0.05, 0.1) is 33.5 Å². The van der Waals surface area contributed by atoms with Gasteiger partial charge >= 0.3 is 0 Å². The molecule has 6 rings (SSSR count). The Hall–Kier alpha value is -3.18. The minimum Gasteiger partial charge on any atom is -0.390 e. The molecule has 2 saturated heterocycles. The number of carbonyl (C=O) groups excluding carboxylic acids is 4. The van der Waals surface area contributed by atoms with E-state index >= 15 is 0 Å². The highest BCUT2D eigenvalue weighted by molar-refractivity contribution is 6.33. The lowest BCUT2D eigenvalue weighted by Crippen LogP contribution is -2.56. The van der Waals surface area contributed by atoms with Crippen LogP contribution in [0.15, 0.2) is 24.3 Å². The standard InChI is InChI=1S/C30H36N4O6/c1-29(2,39)17-9-13-31(14-10-17)33-25(35)19-5-7-21-24-22(8-6-20(23(19)24)26(33)36)28(38)34(27(21)37)32-15-11-18(12-16-32)30(3,4)40/h5-8,17-18,39-40H,9-16H2,1-4H3. The fourth-order valence-corrected chi connectivity index (χ4v) is 6.91. The van der Waals surface area contributed by atoms with Gasteiger partial charge in [-0.3, -0.25) is 19.2 Å². The monoisotopic (exact) mass is 548 g/mol. The number of imide groups is 2. The van der Waals surface area contributed by atoms with Crippen molar-refractivity contribution in [1.82, 2.24) is 20.0 Å². The zero-order valence-electron chi connectivity index (χ0n) is 23.4. The summed E-state index contributed by atoms with van der Waals surface area (Å²) in [4.78, 5) is 54.8. The van der Waals surface area contributed by atoms with Gasteiger partial charge in [0.1, 0.15) is 0 Å². The van der Waals surface area contributed by atoms with Crippen molar-refractivity contribution in [1.29, 1.82) is 0 Å². The lowest BCUT2D eigenvalue weighted by molar-refractivity contribution is -0.0553. The number of hydrogen-bond acceptors (Lipinski definition) is 8. The summed E-state index contributed by atoms with van der Waals surface area (Å²) >= 11 is 0. The van der Waals surface area contributed by atoms with Gasteiger partial charge in [-0.15, -0.1) is 0 Å². The van der Waals surface area contributed by atoms with E-state index in [0.29, 0.717) is 84.9 Å². The normalized spacial score (nSPS) is 22.1. The van der Waals surface area contributed by atoms with Crippen LogP contribution < -0.4 is 0 Å². The molecule has 0 spiro atoms. The summed E-state index contributed by atoms with van der Waals surface area (Å²) in [5.74, 6) is -1.76. The van der Waals surface area contributed by atoms with E-state index in [0.717, 1.165) is 0 Å². The number of hydrogen-bond donors (Lipinski definition) is 2. The summed E-state index contributed by atoms with van der Waals surface area (Å²) in [5, 5.41) is 27.4. The third kappa shape index (κ3) is 4.08. The summed E-state index contributed by atoms with van der Waals surface area (Å²) < 4.78 is 0. The van der Waals surface area contributed by atoms with Gasteiger partial charge in [-0.25, -0.2) is 20.0 Å². The van der Waals surface area contributed by atoms with Gasteiger partial charge in [0.15, 0.2) is 0 Å². The fraction of sp³-hybridized carbons (Fsp3) is 0.533. The zero-order chi connectivity index (χ0) is 28.7. The number of amides is 4. The topological polar surface area (TPSA) is 122 Å². The molecule has 2 fully saturated rings. The SMILES string of the molecule is CC(C)(O)C1CCN(N2C(=O)c3ccc4c5c(ccc(c35)C2=O)C(=O)N(N2CCC(C(C)(C)O)CC2)C4=O)CC1. The molecule has 0 atom stereocenters.